The molecular weight excluding hydrogens is 353 g/mol. The fraction of sp³-hybridized carbons (Fsp3) is 0.200. The van der Waals surface area contributed by atoms with Crippen molar-refractivity contribution in [3.8, 4) is 11.1 Å². The second-order valence-corrected chi connectivity index (χ2v) is 6.48. The molecular formula is C15H11ClFN5OS. The Hall–Kier alpha value is -2.41. The highest BCUT2D eigenvalue weighted by Gasteiger charge is 2.21. The number of hydrogen-bond donors (Lipinski definition) is 0. The minimum absolute atomic E-state index is 0.166. The zero-order valence-corrected chi connectivity index (χ0v) is 14.3. The third kappa shape index (κ3) is 2.75. The van der Waals surface area contributed by atoms with E-state index in [4.69, 9.17) is 17.1 Å². The molecule has 9 heteroatoms. The zero-order chi connectivity index (χ0) is 17.4. The molecule has 0 spiro atoms. The van der Waals surface area contributed by atoms with Crippen molar-refractivity contribution in [3.05, 3.63) is 66.6 Å². The third-order valence-corrected chi connectivity index (χ3v) is 4.70. The topological polar surface area (TPSA) is 83.1 Å². The first-order chi connectivity index (χ1) is 11.4. The molecule has 3 aromatic rings. The Morgan fingerprint density at radius 1 is 1.46 bits per heavy atom. The molecule has 0 saturated heterocycles. The molecule has 0 aliphatic heterocycles. The summed E-state index contributed by atoms with van der Waals surface area (Å²) in [5.41, 5.74) is 9.84. The number of azide groups is 1. The van der Waals surface area contributed by atoms with E-state index in [2.05, 4.69) is 15.0 Å². The van der Waals surface area contributed by atoms with Crippen molar-refractivity contribution in [2.75, 3.05) is 0 Å². The van der Waals surface area contributed by atoms with Crippen LogP contribution in [-0.2, 0) is 0 Å². The first-order valence-corrected chi connectivity index (χ1v) is 8.19. The molecule has 2 heterocycles. The smallest absolute Gasteiger partial charge is 0.266 e. The average molecular weight is 364 g/mol. The normalized spacial score (nSPS) is 12.2. The lowest BCUT2D eigenvalue weighted by molar-refractivity contribution is 0.628. The van der Waals surface area contributed by atoms with E-state index in [1.807, 2.05) is 0 Å². The number of nitrogens with zero attached hydrogens (tertiary/aromatic N) is 5. The third-order valence-electron chi connectivity index (χ3n) is 3.54. The van der Waals surface area contributed by atoms with Crippen LogP contribution < -0.4 is 5.56 Å². The summed E-state index contributed by atoms with van der Waals surface area (Å²) >= 11 is 7.23. The van der Waals surface area contributed by atoms with E-state index in [9.17, 15) is 9.18 Å². The van der Waals surface area contributed by atoms with Crippen LogP contribution in [0.2, 0.25) is 5.02 Å². The Balaban J connectivity index is 2.44. The van der Waals surface area contributed by atoms with E-state index < -0.39 is 11.9 Å². The van der Waals surface area contributed by atoms with Crippen molar-refractivity contribution >= 4 is 27.9 Å². The highest BCUT2D eigenvalue weighted by molar-refractivity contribution is 7.15. The minimum atomic E-state index is -0.688. The van der Waals surface area contributed by atoms with Gasteiger partial charge < -0.3 is 0 Å². The standard InChI is InChI=1S/C15H11ClFN5OS/c1-7-6-24-15-19-13(8(2)20-21-18)12(14(23)22(7)15)9-3-10(16)5-11(17)4-9/h3-6,8H,1-2H3. The predicted octanol–water partition coefficient (Wildman–Crippen LogP) is 4.90. The van der Waals surface area contributed by atoms with E-state index in [1.54, 1.807) is 19.2 Å². The maximum absolute atomic E-state index is 13.8. The van der Waals surface area contributed by atoms with Crippen molar-refractivity contribution in [3.63, 3.8) is 0 Å². The summed E-state index contributed by atoms with van der Waals surface area (Å²) < 4.78 is 15.2. The number of rotatable bonds is 3. The van der Waals surface area contributed by atoms with Crippen LogP contribution >= 0.6 is 22.9 Å². The fourth-order valence-corrected chi connectivity index (χ4v) is 3.59. The van der Waals surface area contributed by atoms with Crippen LogP contribution in [-0.4, -0.2) is 9.38 Å². The van der Waals surface area contributed by atoms with E-state index in [1.165, 1.54) is 27.9 Å². The summed E-state index contributed by atoms with van der Waals surface area (Å²) in [5, 5.41) is 5.59. The molecule has 1 aromatic carbocycles. The quantitative estimate of drug-likeness (QED) is 0.377. The first-order valence-electron chi connectivity index (χ1n) is 6.93. The van der Waals surface area contributed by atoms with Crippen molar-refractivity contribution in [2.24, 2.45) is 5.11 Å². The lowest BCUT2D eigenvalue weighted by Gasteiger charge is -2.12. The number of aromatic nitrogens is 2. The van der Waals surface area contributed by atoms with Crippen LogP contribution in [0.5, 0.6) is 0 Å². The molecule has 3 rings (SSSR count). The molecule has 1 unspecified atom stereocenters. The Bertz CT molecular complexity index is 1030. The molecule has 0 radical (unpaired) electrons. The molecule has 0 aliphatic rings. The summed E-state index contributed by atoms with van der Waals surface area (Å²) in [6.45, 7) is 3.41. The van der Waals surface area contributed by atoms with Crippen LogP contribution in [0, 0.1) is 12.7 Å². The van der Waals surface area contributed by atoms with Crippen molar-refractivity contribution < 1.29 is 4.39 Å². The molecule has 0 amide bonds. The van der Waals surface area contributed by atoms with Crippen LogP contribution in [0.25, 0.3) is 26.5 Å². The Morgan fingerprint density at radius 2 is 2.21 bits per heavy atom. The molecule has 24 heavy (non-hydrogen) atoms. The van der Waals surface area contributed by atoms with Gasteiger partial charge in [0.1, 0.15) is 5.82 Å². The zero-order valence-electron chi connectivity index (χ0n) is 12.7. The van der Waals surface area contributed by atoms with Gasteiger partial charge in [0.15, 0.2) is 4.96 Å². The average Bonchev–Trinajstić information content (AvgIpc) is 2.87. The summed E-state index contributed by atoms with van der Waals surface area (Å²) in [5.74, 6) is -0.563. The van der Waals surface area contributed by atoms with Crippen LogP contribution in [0.1, 0.15) is 24.4 Å². The Labute approximate surface area is 144 Å². The largest absolute Gasteiger partial charge is 0.268 e. The van der Waals surface area contributed by atoms with Gasteiger partial charge in [-0.1, -0.05) is 23.6 Å². The van der Waals surface area contributed by atoms with E-state index in [0.29, 0.717) is 16.2 Å². The van der Waals surface area contributed by atoms with Crippen molar-refractivity contribution in [2.45, 2.75) is 19.9 Å². The van der Waals surface area contributed by atoms with E-state index >= 15 is 0 Å². The van der Waals surface area contributed by atoms with Gasteiger partial charge in [0, 0.05) is 21.0 Å². The van der Waals surface area contributed by atoms with Crippen molar-refractivity contribution in [1.82, 2.24) is 9.38 Å². The van der Waals surface area contributed by atoms with E-state index in [-0.39, 0.29) is 16.1 Å². The van der Waals surface area contributed by atoms with Crippen molar-refractivity contribution in [1.29, 1.82) is 0 Å². The predicted molar refractivity (Wildman–Crippen MR) is 92.0 cm³/mol. The number of thiazole rings is 1. The Kier molecular flexibility index (Phi) is 4.28. The molecule has 122 valence electrons. The monoisotopic (exact) mass is 363 g/mol. The lowest BCUT2D eigenvalue weighted by atomic mass is 10.0. The number of fused-ring (bicyclic) bond motifs is 1. The fourth-order valence-electron chi connectivity index (χ4n) is 2.50. The number of halogens is 2. The summed E-state index contributed by atoms with van der Waals surface area (Å²) in [6, 6.07) is 3.17. The minimum Gasteiger partial charge on any atom is -0.268 e. The Morgan fingerprint density at radius 3 is 2.88 bits per heavy atom. The van der Waals surface area contributed by atoms with Gasteiger partial charge in [0.25, 0.3) is 5.56 Å². The maximum Gasteiger partial charge on any atom is 0.266 e. The molecule has 0 N–H and O–H groups in total. The molecule has 0 fully saturated rings. The number of aryl methyl sites for hydroxylation is 1. The molecule has 1 atom stereocenters. The van der Waals surface area contributed by atoms with Crippen LogP contribution in [0.3, 0.4) is 0 Å². The van der Waals surface area contributed by atoms with Gasteiger partial charge in [-0.2, -0.15) is 0 Å². The van der Waals surface area contributed by atoms with Crippen LogP contribution in [0.4, 0.5) is 4.39 Å². The molecule has 2 aromatic heterocycles. The molecule has 0 aliphatic carbocycles. The first kappa shape index (κ1) is 16.4. The van der Waals surface area contributed by atoms with E-state index in [0.717, 1.165) is 11.8 Å². The van der Waals surface area contributed by atoms with Gasteiger partial charge >= 0.3 is 0 Å². The lowest BCUT2D eigenvalue weighted by Crippen LogP contribution is -2.20. The van der Waals surface area contributed by atoms with Gasteiger partial charge in [-0.3, -0.25) is 9.20 Å². The summed E-state index contributed by atoms with van der Waals surface area (Å²) in [6.07, 6.45) is 0. The highest BCUT2D eigenvalue weighted by atomic mass is 35.5. The summed E-state index contributed by atoms with van der Waals surface area (Å²) in [7, 11) is 0. The number of hydrogen-bond acceptors (Lipinski definition) is 4. The molecule has 0 bridgehead atoms. The highest BCUT2D eigenvalue weighted by Crippen LogP contribution is 2.30. The van der Waals surface area contributed by atoms with Gasteiger partial charge in [-0.15, -0.1) is 11.3 Å². The SMILES string of the molecule is Cc1csc2nc(C(C)N=[N+]=[N-])c(-c3cc(F)cc(Cl)c3)c(=O)n12. The molecule has 0 saturated carbocycles. The summed E-state index contributed by atoms with van der Waals surface area (Å²) in [4.78, 5) is 20.7. The van der Waals surface area contributed by atoms with Gasteiger partial charge in [-0.25, -0.2) is 9.37 Å². The maximum atomic E-state index is 13.8. The van der Waals surface area contributed by atoms with Gasteiger partial charge in [-0.05, 0) is 36.2 Å². The van der Waals surface area contributed by atoms with Gasteiger partial charge in [0.05, 0.1) is 17.3 Å². The van der Waals surface area contributed by atoms with Crippen LogP contribution in [0.15, 0.2) is 33.5 Å². The van der Waals surface area contributed by atoms with Gasteiger partial charge in [0.2, 0.25) is 0 Å². The second kappa shape index (κ2) is 6.24. The molecule has 6 nitrogen and oxygen atoms in total. The number of benzene rings is 1. The second-order valence-electron chi connectivity index (χ2n) is 5.21.